The van der Waals surface area contributed by atoms with E-state index in [1.807, 2.05) is 30.3 Å². The van der Waals surface area contributed by atoms with Crippen LogP contribution in [0.4, 0.5) is 5.95 Å². The topological polar surface area (TPSA) is 66.0 Å². The van der Waals surface area contributed by atoms with E-state index in [-0.39, 0.29) is 0 Å². The van der Waals surface area contributed by atoms with Gasteiger partial charge >= 0.3 is 0 Å². The predicted molar refractivity (Wildman–Crippen MR) is 77.5 cm³/mol. The third kappa shape index (κ3) is 1.94. The van der Waals surface area contributed by atoms with Gasteiger partial charge in [0.1, 0.15) is 5.52 Å². The molecule has 2 heterocycles. The predicted octanol–water partition coefficient (Wildman–Crippen LogP) is 2.77. The molecule has 2 aromatic heterocycles. The van der Waals surface area contributed by atoms with E-state index in [2.05, 4.69) is 25.9 Å². The van der Waals surface area contributed by atoms with E-state index in [0.29, 0.717) is 17.5 Å². The number of aromatic nitrogens is 3. The summed E-state index contributed by atoms with van der Waals surface area (Å²) in [6.45, 7) is 0. The maximum atomic E-state index is 6.00. The first-order valence-electron chi connectivity index (χ1n) is 5.64. The number of anilines is 1. The van der Waals surface area contributed by atoms with Crippen LogP contribution in [0, 0.1) is 0 Å². The lowest BCUT2D eigenvalue weighted by Crippen LogP contribution is -2.02. The van der Waals surface area contributed by atoms with E-state index in [0.717, 1.165) is 15.7 Å². The molecule has 3 rings (SSSR count). The average Bonchev–Trinajstić information content (AvgIpc) is 2.74. The zero-order chi connectivity index (χ0) is 13.4. The van der Waals surface area contributed by atoms with Crippen molar-refractivity contribution < 1.29 is 4.74 Å². The second-order valence-corrected chi connectivity index (χ2v) is 4.81. The highest BCUT2D eigenvalue weighted by Crippen LogP contribution is 2.28. The maximum Gasteiger partial charge on any atom is 0.215 e. The Hall–Kier alpha value is -2.08. The second-order valence-electron chi connectivity index (χ2n) is 3.95. The van der Waals surface area contributed by atoms with Crippen LogP contribution in [-0.4, -0.2) is 21.6 Å². The number of hydrogen-bond donors (Lipinski definition) is 1. The van der Waals surface area contributed by atoms with Gasteiger partial charge in [0.15, 0.2) is 5.65 Å². The zero-order valence-corrected chi connectivity index (χ0v) is 11.8. The fourth-order valence-corrected chi connectivity index (χ4v) is 2.40. The van der Waals surface area contributed by atoms with Crippen molar-refractivity contribution in [3.8, 4) is 11.6 Å². The lowest BCUT2D eigenvalue weighted by molar-refractivity contribution is 0.399. The van der Waals surface area contributed by atoms with Crippen LogP contribution in [-0.2, 0) is 0 Å². The summed E-state index contributed by atoms with van der Waals surface area (Å²) in [4.78, 5) is 8.72. The lowest BCUT2D eigenvalue weighted by atomic mass is 10.3. The van der Waals surface area contributed by atoms with E-state index >= 15 is 0 Å². The standard InChI is InChI=1S/C13H11BrN4O/c1-19-11-7-6-9-12(17-11)18(13(15)16-9)10-5-3-2-4-8(10)14/h2-7H,1H3,(H2,15,16). The van der Waals surface area contributed by atoms with Crippen LogP contribution < -0.4 is 10.5 Å². The van der Waals surface area contributed by atoms with E-state index in [1.165, 1.54) is 0 Å². The summed E-state index contributed by atoms with van der Waals surface area (Å²) in [7, 11) is 1.58. The Bertz CT molecular complexity index is 753. The van der Waals surface area contributed by atoms with Gasteiger partial charge in [-0.3, -0.25) is 4.57 Å². The zero-order valence-electron chi connectivity index (χ0n) is 10.2. The van der Waals surface area contributed by atoms with Crippen LogP contribution in [0.1, 0.15) is 0 Å². The first kappa shape index (κ1) is 12.0. The monoisotopic (exact) mass is 318 g/mol. The number of pyridine rings is 1. The van der Waals surface area contributed by atoms with Crippen molar-refractivity contribution in [3.05, 3.63) is 40.9 Å². The Morgan fingerprint density at radius 2 is 1.95 bits per heavy atom. The van der Waals surface area contributed by atoms with Crippen LogP contribution in [0.15, 0.2) is 40.9 Å². The highest BCUT2D eigenvalue weighted by atomic mass is 79.9. The molecule has 0 amide bonds. The highest BCUT2D eigenvalue weighted by molar-refractivity contribution is 9.10. The normalized spacial score (nSPS) is 10.8. The number of nitrogen functional groups attached to an aromatic ring is 1. The van der Waals surface area contributed by atoms with Gasteiger partial charge in [0.2, 0.25) is 11.8 Å². The molecule has 0 atom stereocenters. The van der Waals surface area contributed by atoms with Gasteiger partial charge in [-0.2, -0.15) is 4.98 Å². The highest BCUT2D eigenvalue weighted by Gasteiger charge is 2.14. The molecule has 0 fully saturated rings. The number of fused-ring (bicyclic) bond motifs is 1. The number of ether oxygens (including phenoxy) is 1. The van der Waals surface area contributed by atoms with Crippen LogP contribution in [0.2, 0.25) is 0 Å². The minimum atomic E-state index is 0.391. The molecule has 0 aliphatic rings. The summed E-state index contributed by atoms with van der Waals surface area (Å²) >= 11 is 3.51. The molecular weight excluding hydrogens is 308 g/mol. The molecular formula is C13H11BrN4O. The summed E-state index contributed by atoms with van der Waals surface area (Å²) in [5.74, 6) is 0.920. The smallest absolute Gasteiger partial charge is 0.215 e. The number of halogens is 1. The fraction of sp³-hybridized carbons (Fsp3) is 0.0769. The van der Waals surface area contributed by atoms with Crippen molar-refractivity contribution in [1.82, 2.24) is 14.5 Å². The molecule has 0 saturated heterocycles. The number of imidazole rings is 1. The van der Waals surface area contributed by atoms with Crippen LogP contribution in [0.5, 0.6) is 5.88 Å². The molecule has 5 nitrogen and oxygen atoms in total. The second kappa shape index (κ2) is 4.55. The summed E-state index contributed by atoms with van der Waals surface area (Å²) < 4.78 is 7.86. The van der Waals surface area contributed by atoms with E-state index in [4.69, 9.17) is 10.5 Å². The minimum absolute atomic E-state index is 0.391. The van der Waals surface area contributed by atoms with Crippen molar-refractivity contribution in [2.24, 2.45) is 0 Å². The summed E-state index contributed by atoms with van der Waals surface area (Å²) in [5.41, 5.74) is 8.29. The third-order valence-electron chi connectivity index (χ3n) is 2.81. The number of nitrogens with two attached hydrogens (primary N) is 1. The minimum Gasteiger partial charge on any atom is -0.481 e. The number of methoxy groups -OCH3 is 1. The van der Waals surface area contributed by atoms with Crippen molar-refractivity contribution in [2.45, 2.75) is 0 Å². The molecule has 0 unspecified atom stereocenters. The van der Waals surface area contributed by atoms with Crippen molar-refractivity contribution in [2.75, 3.05) is 12.8 Å². The van der Waals surface area contributed by atoms with Gasteiger partial charge in [0.05, 0.1) is 12.8 Å². The van der Waals surface area contributed by atoms with Gasteiger partial charge in [-0.1, -0.05) is 12.1 Å². The fourth-order valence-electron chi connectivity index (χ4n) is 1.94. The Kier molecular flexibility index (Phi) is 2.87. The molecule has 0 aliphatic carbocycles. The van der Waals surface area contributed by atoms with E-state index in [1.54, 1.807) is 17.7 Å². The Labute approximate surface area is 118 Å². The Morgan fingerprint density at radius 3 is 2.68 bits per heavy atom. The number of rotatable bonds is 2. The van der Waals surface area contributed by atoms with Crippen molar-refractivity contribution in [1.29, 1.82) is 0 Å². The molecule has 0 radical (unpaired) electrons. The molecule has 0 aliphatic heterocycles. The summed E-state index contributed by atoms with van der Waals surface area (Å²) in [5, 5.41) is 0. The Balaban J connectivity index is 2.34. The van der Waals surface area contributed by atoms with Crippen LogP contribution in [0.25, 0.3) is 16.9 Å². The largest absolute Gasteiger partial charge is 0.481 e. The molecule has 2 N–H and O–H groups in total. The quantitative estimate of drug-likeness (QED) is 0.789. The molecule has 6 heteroatoms. The van der Waals surface area contributed by atoms with E-state index < -0.39 is 0 Å². The Morgan fingerprint density at radius 1 is 1.16 bits per heavy atom. The van der Waals surface area contributed by atoms with E-state index in [9.17, 15) is 0 Å². The van der Waals surface area contributed by atoms with Gasteiger partial charge in [-0.15, -0.1) is 0 Å². The van der Waals surface area contributed by atoms with Gasteiger partial charge in [-0.05, 0) is 34.1 Å². The average molecular weight is 319 g/mol. The maximum absolute atomic E-state index is 6.00. The number of hydrogen-bond acceptors (Lipinski definition) is 4. The summed E-state index contributed by atoms with van der Waals surface area (Å²) in [6.07, 6.45) is 0. The molecule has 0 saturated carbocycles. The van der Waals surface area contributed by atoms with Crippen molar-refractivity contribution >= 4 is 33.0 Å². The van der Waals surface area contributed by atoms with Gasteiger partial charge in [-0.25, -0.2) is 4.98 Å². The number of benzene rings is 1. The number of para-hydroxylation sites is 1. The van der Waals surface area contributed by atoms with Gasteiger partial charge < -0.3 is 10.5 Å². The number of nitrogens with zero attached hydrogens (tertiary/aromatic N) is 3. The van der Waals surface area contributed by atoms with Gasteiger partial charge in [0.25, 0.3) is 0 Å². The SMILES string of the molecule is COc1ccc2nc(N)n(-c3ccccc3Br)c2n1. The lowest BCUT2D eigenvalue weighted by Gasteiger charge is -2.08. The first-order valence-corrected chi connectivity index (χ1v) is 6.44. The summed E-state index contributed by atoms with van der Waals surface area (Å²) in [6, 6.07) is 11.4. The molecule has 19 heavy (non-hydrogen) atoms. The molecule has 3 aromatic rings. The molecule has 0 bridgehead atoms. The molecule has 96 valence electrons. The molecule has 0 spiro atoms. The van der Waals surface area contributed by atoms with Crippen molar-refractivity contribution in [3.63, 3.8) is 0 Å². The van der Waals surface area contributed by atoms with Crippen LogP contribution in [0.3, 0.4) is 0 Å². The molecule has 1 aromatic carbocycles. The third-order valence-corrected chi connectivity index (χ3v) is 3.48. The first-order chi connectivity index (χ1) is 9.20. The van der Waals surface area contributed by atoms with Crippen LogP contribution >= 0.6 is 15.9 Å². The van der Waals surface area contributed by atoms with Gasteiger partial charge in [0, 0.05) is 10.5 Å².